The predicted molar refractivity (Wildman–Crippen MR) is 128 cm³/mol. The van der Waals surface area contributed by atoms with Gasteiger partial charge in [-0.25, -0.2) is 0 Å². The number of hydrogen-bond donors (Lipinski definition) is 0. The summed E-state index contributed by atoms with van der Waals surface area (Å²) >= 11 is 0. The maximum Gasteiger partial charge on any atom is 0.259 e. The van der Waals surface area contributed by atoms with E-state index < -0.39 is 0 Å². The molecule has 0 spiro atoms. The van der Waals surface area contributed by atoms with E-state index in [4.69, 9.17) is 18.6 Å². The highest BCUT2D eigenvalue weighted by atomic mass is 16.7. The number of pyridine rings is 1. The Bertz CT molecular complexity index is 1280. The molecule has 1 atom stereocenters. The van der Waals surface area contributed by atoms with E-state index in [9.17, 15) is 9.59 Å². The summed E-state index contributed by atoms with van der Waals surface area (Å²) < 4.78 is 23.9. The standard InChI is InChI=1S/C26H29N3O6/c1-17(20-8-5-13-33-20)27(2)26(31)24-19-9-10-28(11-12-29(19)23(30)14-22(24)32-3)15-18-6-4-7-21-25(18)35-16-34-21/h4-8,13-14,17H,9-12,15-16H2,1-3H3. The monoisotopic (exact) mass is 479 g/mol. The number of fused-ring (bicyclic) bond motifs is 2. The topological polar surface area (TPSA) is 86.4 Å². The number of rotatable bonds is 6. The zero-order valence-electron chi connectivity index (χ0n) is 20.2. The maximum atomic E-state index is 13.7. The first-order valence-electron chi connectivity index (χ1n) is 11.7. The molecule has 1 unspecified atom stereocenters. The lowest BCUT2D eigenvalue weighted by Gasteiger charge is -2.26. The highest BCUT2D eigenvalue weighted by molar-refractivity contribution is 5.98. The van der Waals surface area contributed by atoms with Gasteiger partial charge in [-0.1, -0.05) is 12.1 Å². The van der Waals surface area contributed by atoms with Crippen LogP contribution in [0.25, 0.3) is 0 Å². The molecule has 4 heterocycles. The fourth-order valence-corrected chi connectivity index (χ4v) is 4.77. The Morgan fingerprint density at radius 3 is 2.80 bits per heavy atom. The molecule has 2 aliphatic heterocycles. The summed E-state index contributed by atoms with van der Waals surface area (Å²) in [6.07, 6.45) is 2.12. The molecule has 9 heteroatoms. The summed E-state index contributed by atoms with van der Waals surface area (Å²) in [6.45, 7) is 4.60. The highest BCUT2D eigenvalue weighted by Gasteiger charge is 2.30. The first kappa shape index (κ1) is 23.0. The smallest absolute Gasteiger partial charge is 0.259 e. The minimum Gasteiger partial charge on any atom is -0.496 e. The Morgan fingerprint density at radius 2 is 2.03 bits per heavy atom. The second-order valence-corrected chi connectivity index (χ2v) is 8.81. The van der Waals surface area contributed by atoms with Crippen LogP contribution in [0.4, 0.5) is 0 Å². The van der Waals surface area contributed by atoms with Gasteiger partial charge in [0, 0.05) is 57.0 Å². The number of hydrogen-bond acceptors (Lipinski definition) is 7. The summed E-state index contributed by atoms with van der Waals surface area (Å²) in [6, 6.07) is 10.7. The Balaban J connectivity index is 1.43. The quantitative estimate of drug-likeness (QED) is 0.537. The van der Waals surface area contributed by atoms with E-state index in [1.807, 2.05) is 31.2 Å². The van der Waals surface area contributed by atoms with E-state index in [2.05, 4.69) is 4.90 Å². The first-order chi connectivity index (χ1) is 17.0. The number of benzene rings is 1. The summed E-state index contributed by atoms with van der Waals surface area (Å²) in [5, 5.41) is 0. The van der Waals surface area contributed by atoms with Crippen LogP contribution in [-0.4, -0.2) is 54.3 Å². The molecule has 0 fully saturated rings. The van der Waals surface area contributed by atoms with Crippen LogP contribution >= 0.6 is 0 Å². The lowest BCUT2D eigenvalue weighted by molar-refractivity contribution is 0.0720. The van der Waals surface area contributed by atoms with Crippen molar-refractivity contribution in [1.82, 2.24) is 14.4 Å². The van der Waals surface area contributed by atoms with Gasteiger partial charge in [-0.3, -0.25) is 14.5 Å². The van der Waals surface area contributed by atoms with Gasteiger partial charge in [0.1, 0.15) is 17.1 Å². The molecule has 35 heavy (non-hydrogen) atoms. The van der Waals surface area contributed by atoms with Crippen LogP contribution in [0, 0.1) is 0 Å². The molecular formula is C26H29N3O6. The van der Waals surface area contributed by atoms with Crippen molar-refractivity contribution in [1.29, 1.82) is 0 Å². The van der Waals surface area contributed by atoms with E-state index in [0.29, 0.717) is 55.4 Å². The van der Waals surface area contributed by atoms with Crippen molar-refractivity contribution in [2.24, 2.45) is 0 Å². The van der Waals surface area contributed by atoms with Crippen LogP contribution in [0.3, 0.4) is 0 Å². The van der Waals surface area contributed by atoms with Crippen molar-refractivity contribution in [2.75, 3.05) is 34.0 Å². The summed E-state index contributed by atoms with van der Waals surface area (Å²) in [5.74, 6) is 2.30. The zero-order chi connectivity index (χ0) is 24.5. The van der Waals surface area contributed by atoms with Gasteiger partial charge in [0.25, 0.3) is 11.5 Å². The van der Waals surface area contributed by atoms with Crippen LogP contribution < -0.4 is 19.8 Å². The van der Waals surface area contributed by atoms with Crippen molar-refractivity contribution in [3.63, 3.8) is 0 Å². The average Bonchev–Trinajstić information content (AvgIpc) is 3.53. The third-order valence-corrected chi connectivity index (χ3v) is 6.85. The fraction of sp³-hybridized carbons (Fsp3) is 0.385. The number of furan rings is 1. The van der Waals surface area contributed by atoms with Crippen LogP contribution in [-0.2, 0) is 19.5 Å². The van der Waals surface area contributed by atoms with Crippen molar-refractivity contribution in [3.05, 3.63) is 75.6 Å². The Labute approximate surface area is 203 Å². The lowest BCUT2D eigenvalue weighted by Crippen LogP contribution is -2.34. The van der Waals surface area contributed by atoms with Gasteiger partial charge in [-0.15, -0.1) is 0 Å². The van der Waals surface area contributed by atoms with Crippen LogP contribution in [0.2, 0.25) is 0 Å². The third kappa shape index (κ3) is 4.27. The molecule has 0 bridgehead atoms. The van der Waals surface area contributed by atoms with Gasteiger partial charge in [0.2, 0.25) is 6.79 Å². The molecule has 0 saturated carbocycles. The number of amides is 1. The summed E-state index contributed by atoms with van der Waals surface area (Å²) in [5.41, 5.74) is 1.99. The lowest BCUT2D eigenvalue weighted by atomic mass is 10.1. The minimum atomic E-state index is -0.278. The van der Waals surface area contributed by atoms with E-state index in [0.717, 1.165) is 17.1 Å². The van der Waals surface area contributed by atoms with Crippen LogP contribution in [0.5, 0.6) is 17.2 Å². The van der Waals surface area contributed by atoms with Crippen LogP contribution in [0.1, 0.15) is 40.3 Å². The number of carbonyl (C=O) groups excluding carboxylic acids is 1. The SMILES string of the molecule is COc1cc(=O)n2c(c1C(=O)N(C)C(C)c1ccco1)CCN(Cc1cccc3c1OCO3)CC2. The average molecular weight is 480 g/mol. The highest BCUT2D eigenvalue weighted by Crippen LogP contribution is 2.36. The van der Waals surface area contributed by atoms with Crippen molar-refractivity contribution in [3.8, 4) is 17.2 Å². The number of ether oxygens (including phenoxy) is 3. The number of nitrogens with zero attached hydrogens (tertiary/aromatic N) is 3. The second kappa shape index (κ2) is 9.50. The molecule has 1 amide bonds. The normalized spacial score (nSPS) is 15.9. The molecule has 2 aliphatic rings. The summed E-state index contributed by atoms with van der Waals surface area (Å²) in [7, 11) is 3.22. The molecular weight excluding hydrogens is 450 g/mol. The van der Waals surface area contributed by atoms with Gasteiger partial charge < -0.3 is 28.1 Å². The first-order valence-corrected chi connectivity index (χ1v) is 11.7. The number of methoxy groups -OCH3 is 1. The van der Waals surface area contributed by atoms with E-state index >= 15 is 0 Å². The second-order valence-electron chi connectivity index (χ2n) is 8.81. The molecule has 9 nitrogen and oxygen atoms in total. The van der Waals surface area contributed by atoms with Gasteiger partial charge in [0.05, 0.1) is 19.4 Å². The number of para-hydroxylation sites is 1. The molecule has 184 valence electrons. The molecule has 0 N–H and O–H groups in total. The summed E-state index contributed by atoms with van der Waals surface area (Å²) in [4.78, 5) is 30.6. The Kier molecular flexibility index (Phi) is 6.25. The van der Waals surface area contributed by atoms with Gasteiger partial charge in [-0.2, -0.15) is 0 Å². The molecule has 2 aromatic heterocycles. The van der Waals surface area contributed by atoms with E-state index in [1.54, 1.807) is 28.8 Å². The van der Waals surface area contributed by atoms with E-state index in [1.165, 1.54) is 13.2 Å². The minimum absolute atomic E-state index is 0.172. The molecule has 3 aromatic rings. The van der Waals surface area contributed by atoms with Crippen LogP contribution in [0.15, 0.2) is 51.9 Å². The predicted octanol–water partition coefficient (Wildman–Crippen LogP) is 3.07. The third-order valence-electron chi connectivity index (χ3n) is 6.85. The van der Waals surface area contributed by atoms with Crippen molar-refractivity contribution in [2.45, 2.75) is 32.5 Å². The molecule has 5 rings (SSSR count). The molecule has 1 aromatic carbocycles. The van der Waals surface area contributed by atoms with Gasteiger partial charge in [0.15, 0.2) is 11.5 Å². The maximum absolute atomic E-state index is 13.7. The van der Waals surface area contributed by atoms with Crippen molar-refractivity contribution < 1.29 is 23.4 Å². The molecule has 0 aliphatic carbocycles. The van der Waals surface area contributed by atoms with Crippen molar-refractivity contribution >= 4 is 5.91 Å². The Morgan fingerprint density at radius 1 is 1.17 bits per heavy atom. The zero-order valence-corrected chi connectivity index (χ0v) is 20.2. The molecule has 0 saturated heterocycles. The van der Waals surface area contributed by atoms with Gasteiger partial charge >= 0.3 is 0 Å². The van der Waals surface area contributed by atoms with Gasteiger partial charge in [-0.05, 0) is 25.1 Å². The number of aromatic nitrogens is 1. The molecule has 0 radical (unpaired) electrons. The Hall–Kier alpha value is -3.72. The largest absolute Gasteiger partial charge is 0.496 e. The fourth-order valence-electron chi connectivity index (χ4n) is 4.77. The van der Waals surface area contributed by atoms with E-state index in [-0.39, 0.29) is 24.3 Å². The number of carbonyl (C=O) groups is 1.